The van der Waals surface area contributed by atoms with Crippen molar-refractivity contribution >= 4 is 40.9 Å². The number of benzene rings is 1. The molecule has 1 fully saturated rings. The monoisotopic (exact) mass is 429 g/mol. The molecule has 7 nitrogen and oxygen atoms in total. The minimum atomic E-state index is -1.08. The Morgan fingerprint density at radius 3 is 2.54 bits per heavy atom. The maximum Gasteiger partial charge on any atom is 0.513 e. The first-order valence-electron chi connectivity index (χ1n) is 8.89. The Morgan fingerprint density at radius 1 is 1.29 bits per heavy atom. The average molecular weight is 430 g/mol. The molecular weight excluding hydrogens is 409 g/mol. The Morgan fingerprint density at radius 2 is 1.96 bits per heavy atom. The van der Waals surface area contributed by atoms with Gasteiger partial charge >= 0.3 is 12.1 Å². The Labute approximate surface area is 173 Å². The first kappa shape index (κ1) is 20.9. The highest BCUT2D eigenvalue weighted by atomic mass is 35.5. The molecule has 0 radical (unpaired) electrons. The summed E-state index contributed by atoms with van der Waals surface area (Å²) in [6.45, 7) is 4.58. The van der Waals surface area contributed by atoms with Gasteiger partial charge in [-0.2, -0.15) is 5.06 Å². The molecule has 0 saturated carbocycles. The van der Waals surface area contributed by atoms with Gasteiger partial charge in [-0.3, -0.25) is 0 Å². The Balaban J connectivity index is 2.12. The number of piperidine rings is 1. The standard InChI is InChI=1S/C19H21Cl2NO6/c1-4-26-18(24)27-16-15(14-11(2)9-12(20)10-13(14)21)17(23)28-19(16)5-7-22(25-3)8-6-19/h9-10H,4-8H2,1-3H3. The van der Waals surface area contributed by atoms with E-state index in [0.717, 1.165) is 0 Å². The number of halogens is 2. The van der Waals surface area contributed by atoms with E-state index < -0.39 is 17.7 Å². The zero-order valence-electron chi connectivity index (χ0n) is 15.8. The van der Waals surface area contributed by atoms with Gasteiger partial charge in [0, 0.05) is 36.5 Å². The van der Waals surface area contributed by atoms with Gasteiger partial charge in [0.15, 0.2) is 11.4 Å². The van der Waals surface area contributed by atoms with Crippen molar-refractivity contribution < 1.29 is 28.6 Å². The maximum atomic E-state index is 12.9. The van der Waals surface area contributed by atoms with E-state index >= 15 is 0 Å². The normalized spacial score (nSPS) is 19.1. The van der Waals surface area contributed by atoms with Crippen molar-refractivity contribution in [1.82, 2.24) is 5.06 Å². The van der Waals surface area contributed by atoms with Crippen molar-refractivity contribution in [2.24, 2.45) is 0 Å². The number of ether oxygens (including phenoxy) is 3. The summed E-state index contributed by atoms with van der Waals surface area (Å²) >= 11 is 12.4. The largest absolute Gasteiger partial charge is 0.513 e. The van der Waals surface area contributed by atoms with Crippen molar-refractivity contribution in [2.45, 2.75) is 32.3 Å². The fourth-order valence-corrected chi connectivity index (χ4v) is 4.25. The second-order valence-corrected chi connectivity index (χ2v) is 7.41. The zero-order valence-corrected chi connectivity index (χ0v) is 17.4. The minimum absolute atomic E-state index is 0.123. The molecular formula is C19H21Cl2NO6. The Hall–Kier alpha value is -1.80. The molecule has 152 valence electrons. The van der Waals surface area contributed by atoms with E-state index in [-0.39, 0.29) is 23.0 Å². The van der Waals surface area contributed by atoms with Gasteiger partial charge in [-0.15, -0.1) is 0 Å². The van der Waals surface area contributed by atoms with Crippen molar-refractivity contribution in [2.75, 3.05) is 26.8 Å². The van der Waals surface area contributed by atoms with Gasteiger partial charge in [0.2, 0.25) is 0 Å². The second-order valence-electron chi connectivity index (χ2n) is 6.56. The highest BCUT2D eigenvalue weighted by molar-refractivity contribution is 6.37. The number of rotatable bonds is 4. The first-order chi connectivity index (χ1) is 13.3. The summed E-state index contributed by atoms with van der Waals surface area (Å²) in [5.41, 5.74) is 0.143. The summed E-state index contributed by atoms with van der Waals surface area (Å²) in [7, 11) is 1.58. The molecule has 0 N–H and O–H groups in total. The van der Waals surface area contributed by atoms with E-state index in [2.05, 4.69) is 0 Å². The molecule has 1 aromatic rings. The van der Waals surface area contributed by atoms with E-state index in [9.17, 15) is 9.59 Å². The van der Waals surface area contributed by atoms with Gasteiger partial charge in [-0.25, -0.2) is 9.59 Å². The molecule has 28 heavy (non-hydrogen) atoms. The molecule has 0 aromatic heterocycles. The van der Waals surface area contributed by atoms with Crippen molar-refractivity contribution in [3.63, 3.8) is 0 Å². The van der Waals surface area contributed by atoms with Crippen LogP contribution in [0.15, 0.2) is 17.9 Å². The SMILES string of the molecule is CCOC(=O)OC1=C(c2c(C)cc(Cl)cc2Cl)C(=O)OC12CCN(OC)CC2. The smallest absolute Gasteiger partial charge is 0.447 e. The van der Waals surface area contributed by atoms with Crippen LogP contribution in [0, 0.1) is 6.92 Å². The minimum Gasteiger partial charge on any atom is -0.447 e. The molecule has 1 aromatic carbocycles. The van der Waals surface area contributed by atoms with E-state index in [0.29, 0.717) is 42.1 Å². The molecule has 0 unspecified atom stereocenters. The Kier molecular flexibility index (Phi) is 6.19. The number of hydrogen-bond donors (Lipinski definition) is 0. The topological polar surface area (TPSA) is 74.3 Å². The molecule has 0 atom stereocenters. The van der Waals surface area contributed by atoms with Gasteiger partial charge in [-0.1, -0.05) is 23.2 Å². The third-order valence-corrected chi connectivity index (χ3v) is 5.39. The van der Waals surface area contributed by atoms with Crippen LogP contribution in [0.4, 0.5) is 4.79 Å². The van der Waals surface area contributed by atoms with Gasteiger partial charge < -0.3 is 19.0 Å². The molecule has 2 aliphatic heterocycles. The molecule has 0 bridgehead atoms. The zero-order chi connectivity index (χ0) is 20.5. The maximum absolute atomic E-state index is 12.9. The summed E-state index contributed by atoms with van der Waals surface area (Å²) in [5, 5.41) is 2.46. The lowest BCUT2D eigenvalue weighted by molar-refractivity contribution is -0.183. The summed E-state index contributed by atoms with van der Waals surface area (Å²) in [5.74, 6) is -0.475. The quantitative estimate of drug-likeness (QED) is 0.665. The lowest BCUT2D eigenvalue weighted by Crippen LogP contribution is -2.46. The average Bonchev–Trinajstić information content (AvgIpc) is 2.87. The fraction of sp³-hybridized carbons (Fsp3) is 0.474. The molecule has 9 heteroatoms. The first-order valence-corrected chi connectivity index (χ1v) is 9.64. The Bertz CT molecular complexity index is 807. The number of hydroxylamine groups is 2. The van der Waals surface area contributed by atoms with Crippen molar-refractivity contribution in [1.29, 1.82) is 0 Å². The van der Waals surface area contributed by atoms with Crippen LogP contribution in [-0.4, -0.2) is 49.6 Å². The van der Waals surface area contributed by atoms with Gasteiger partial charge in [-0.05, 0) is 31.5 Å². The van der Waals surface area contributed by atoms with Gasteiger partial charge in [0.1, 0.15) is 5.57 Å². The lowest BCUT2D eigenvalue weighted by Gasteiger charge is -2.37. The van der Waals surface area contributed by atoms with Crippen molar-refractivity contribution in [3.8, 4) is 0 Å². The number of carbonyl (C=O) groups excluding carboxylic acids is 2. The van der Waals surface area contributed by atoms with Crippen LogP contribution < -0.4 is 0 Å². The number of esters is 1. The number of hydrogen-bond acceptors (Lipinski definition) is 7. The highest BCUT2D eigenvalue weighted by Crippen LogP contribution is 2.47. The number of carbonyl (C=O) groups is 2. The third kappa shape index (κ3) is 3.85. The van der Waals surface area contributed by atoms with Gasteiger partial charge in [0.25, 0.3) is 0 Å². The van der Waals surface area contributed by atoms with Crippen LogP contribution in [0.3, 0.4) is 0 Å². The summed E-state index contributed by atoms with van der Waals surface area (Å²) in [6.07, 6.45) is -0.103. The molecule has 0 amide bonds. The van der Waals surface area contributed by atoms with Crippen molar-refractivity contribution in [3.05, 3.63) is 39.1 Å². The van der Waals surface area contributed by atoms with E-state index in [1.165, 1.54) is 6.07 Å². The molecule has 1 spiro atoms. The van der Waals surface area contributed by atoms with E-state index in [4.69, 9.17) is 42.3 Å². The van der Waals surface area contributed by atoms with Crippen LogP contribution in [0.1, 0.15) is 30.9 Å². The number of nitrogens with zero attached hydrogens (tertiary/aromatic N) is 1. The van der Waals surface area contributed by atoms with Gasteiger partial charge in [0.05, 0.1) is 18.7 Å². The van der Waals surface area contributed by atoms with Crippen LogP contribution in [-0.2, 0) is 23.8 Å². The third-order valence-electron chi connectivity index (χ3n) is 4.87. The molecule has 3 rings (SSSR count). The molecule has 1 saturated heterocycles. The molecule has 0 aliphatic carbocycles. The molecule has 2 aliphatic rings. The van der Waals surface area contributed by atoms with Crippen LogP contribution >= 0.6 is 23.2 Å². The predicted molar refractivity (Wildman–Crippen MR) is 103 cm³/mol. The van der Waals surface area contributed by atoms with Crippen LogP contribution in [0.25, 0.3) is 5.57 Å². The molecule has 2 heterocycles. The highest BCUT2D eigenvalue weighted by Gasteiger charge is 2.53. The summed E-state index contributed by atoms with van der Waals surface area (Å²) in [4.78, 5) is 30.3. The second kappa shape index (κ2) is 8.29. The summed E-state index contributed by atoms with van der Waals surface area (Å²) < 4.78 is 16.2. The number of aryl methyl sites for hydroxylation is 1. The predicted octanol–water partition coefficient (Wildman–Crippen LogP) is 4.14. The fourth-order valence-electron chi connectivity index (χ4n) is 3.56. The van der Waals surface area contributed by atoms with E-state index in [1.54, 1.807) is 32.1 Å². The summed E-state index contributed by atoms with van der Waals surface area (Å²) in [6, 6.07) is 3.22. The van der Waals surface area contributed by atoms with Crippen LogP contribution in [0.2, 0.25) is 10.0 Å². The van der Waals surface area contributed by atoms with E-state index in [1.807, 2.05) is 0 Å². The van der Waals surface area contributed by atoms with Crippen LogP contribution in [0.5, 0.6) is 0 Å². The lowest BCUT2D eigenvalue weighted by atomic mass is 9.87.